The number of carbonyl (C=O) groups is 2. The maximum atomic E-state index is 13.1. The van der Waals surface area contributed by atoms with E-state index in [2.05, 4.69) is 10.4 Å². The van der Waals surface area contributed by atoms with Gasteiger partial charge in [0.1, 0.15) is 5.82 Å². The lowest BCUT2D eigenvalue weighted by molar-refractivity contribution is -0.114. The van der Waals surface area contributed by atoms with Gasteiger partial charge < -0.3 is 10.2 Å². The molecule has 1 aliphatic rings. The van der Waals surface area contributed by atoms with Crippen LogP contribution >= 0.6 is 0 Å². The van der Waals surface area contributed by atoms with Crippen LogP contribution in [0.4, 0.5) is 5.69 Å². The number of likely N-dealkylation sites (tertiary alicyclic amines) is 1. The first-order chi connectivity index (χ1) is 14.9. The molecule has 0 aliphatic carbocycles. The Morgan fingerprint density at radius 3 is 2.45 bits per heavy atom. The van der Waals surface area contributed by atoms with Gasteiger partial charge in [0.25, 0.3) is 5.91 Å². The Labute approximate surface area is 180 Å². The molecule has 1 fully saturated rings. The third kappa shape index (κ3) is 4.28. The lowest BCUT2D eigenvalue weighted by atomic mass is 9.96. The van der Waals surface area contributed by atoms with Gasteiger partial charge in [0.15, 0.2) is 0 Å². The molecular weight excluding hydrogens is 394 g/mol. The minimum absolute atomic E-state index is 0.0366. The normalized spacial score (nSPS) is 16.2. The van der Waals surface area contributed by atoms with Crippen LogP contribution in [0.2, 0.25) is 0 Å². The summed E-state index contributed by atoms with van der Waals surface area (Å²) >= 11 is 0. The number of hydrogen-bond donors (Lipinski definition) is 1. The number of para-hydroxylation sites is 1. The molecule has 1 unspecified atom stereocenters. The van der Waals surface area contributed by atoms with Gasteiger partial charge in [-0.2, -0.15) is 5.10 Å². The van der Waals surface area contributed by atoms with E-state index in [1.54, 1.807) is 35.9 Å². The van der Waals surface area contributed by atoms with Gasteiger partial charge in [-0.25, -0.2) is 14.0 Å². The van der Waals surface area contributed by atoms with Crippen molar-refractivity contribution in [3.63, 3.8) is 0 Å². The SMILES string of the molecule is CC(=O)Nc1ccc(C(=O)N2CCCC(c3nn(C)c(=O)n3-c3ccccc3)C2)cc1. The van der Waals surface area contributed by atoms with E-state index in [1.807, 2.05) is 35.2 Å². The maximum absolute atomic E-state index is 13.1. The largest absolute Gasteiger partial charge is 0.350 e. The summed E-state index contributed by atoms with van der Waals surface area (Å²) in [5.41, 5.74) is 1.79. The Hall–Kier alpha value is -3.68. The monoisotopic (exact) mass is 419 g/mol. The van der Waals surface area contributed by atoms with Gasteiger partial charge in [0.05, 0.1) is 5.69 Å². The first-order valence-corrected chi connectivity index (χ1v) is 10.3. The van der Waals surface area contributed by atoms with E-state index in [0.29, 0.717) is 30.2 Å². The number of aryl methyl sites for hydroxylation is 1. The average Bonchev–Trinajstić information content (AvgIpc) is 3.08. The van der Waals surface area contributed by atoms with Crippen LogP contribution in [0.5, 0.6) is 0 Å². The predicted octanol–water partition coefficient (Wildman–Crippen LogP) is 2.55. The van der Waals surface area contributed by atoms with Crippen LogP contribution in [0.3, 0.4) is 0 Å². The lowest BCUT2D eigenvalue weighted by Gasteiger charge is -2.32. The number of hydrogen-bond acceptors (Lipinski definition) is 4. The fourth-order valence-electron chi connectivity index (χ4n) is 4.02. The van der Waals surface area contributed by atoms with Crippen molar-refractivity contribution in [3.8, 4) is 5.69 Å². The van der Waals surface area contributed by atoms with E-state index in [1.165, 1.54) is 11.6 Å². The average molecular weight is 419 g/mol. The van der Waals surface area contributed by atoms with E-state index >= 15 is 0 Å². The zero-order valence-corrected chi connectivity index (χ0v) is 17.6. The second kappa shape index (κ2) is 8.59. The molecule has 8 heteroatoms. The summed E-state index contributed by atoms with van der Waals surface area (Å²) in [7, 11) is 1.65. The number of piperidine rings is 1. The van der Waals surface area contributed by atoms with Gasteiger partial charge >= 0.3 is 5.69 Å². The molecular formula is C23H25N5O3. The van der Waals surface area contributed by atoms with Crippen LogP contribution in [0.25, 0.3) is 5.69 Å². The number of carbonyl (C=O) groups excluding carboxylic acids is 2. The number of anilines is 1. The molecule has 31 heavy (non-hydrogen) atoms. The highest BCUT2D eigenvalue weighted by molar-refractivity contribution is 5.95. The standard InChI is InChI=1S/C23H25N5O3/c1-16(29)24-19-12-10-17(11-13-19)22(30)27-14-6-7-18(15-27)21-25-26(2)23(31)28(21)20-8-4-3-5-9-20/h3-5,8-13,18H,6-7,14-15H2,1-2H3,(H,24,29). The highest BCUT2D eigenvalue weighted by atomic mass is 16.2. The van der Waals surface area contributed by atoms with Crippen molar-refractivity contribution >= 4 is 17.5 Å². The Bertz CT molecular complexity index is 1150. The number of aromatic nitrogens is 3. The summed E-state index contributed by atoms with van der Waals surface area (Å²) in [4.78, 5) is 38.8. The van der Waals surface area contributed by atoms with Crippen LogP contribution in [-0.2, 0) is 11.8 Å². The molecule has 3 aromatic rings. The highest BCUT2D eigenvalue weighted by Crippen LogP contribution is 2.27. The first-order valence-electron chi connectivity index (χ1n) is 10.3. The first kappa shape index (κ1) is 20.6. The topological polar surface area (TPSA) is 89.2 Å². The molecule has 0 saturated carbocycles. The Morgan fingerprint density at radius 2 is 1.77 bits per heavy atom. The van der Waals surface area contributed by atoms with Gasteiger partial charge in [-0.3, -0.25) is 9.59 Å². The van der Waals surface area contributed by atoms with E-state index in [9.17, 15) is 14.4 Å². The van der Waals surface area contributed by atoms with Gasteiger partial charge in [-0.05, 0) is 49.2 Å². The zero-order valence-electron chi connectivity index (χ0n) is 17.6. The van der Waals surface area contributed by atoms with Crippen LogP contribution in [-0.4, -0.2) is 44.2 Å². The van der Waals surface area contributed by atoms with Crippen LogP contribution in [0.15, 0.2) is 59.4 Å². The number of rotatable bonds is 4. The number of nitrogens with one attached hydrogen (secondary N) is 1. The van der Waals surface area contributed by atoms with E-state index < -0.39 is 0 Å². The van der Waals surface area contributed by atoms with Crippen molar-refractivity contribution in [3.05, 3.63) is 76.5 Å². The molecule has 2 heterocycles. The molecule has 4 rings (SSSR count). The summed E-state index contributed by atoms with van der Waals surface area (Å²) in [6.07, 6.45) is 1.69. The molecule has 0 radical (unpaired) electrons. The van der Waals surface area contributed by atoms with Gasteiger partial charge in [-0.15, -0.1) is 0 Å². The Kier molecular flexibility index (Phi) is 5.70. The molecule has 1 aliphatic heterocycles. The van der Waals surface area contributed by atoms with Crippen molar-refractivity contribution in [2.45, 2.75) is 25.7 Å². The highest BCUT2D eigenvalue weighted by Gasteiger charge is 2.30. The van der Waals surface area contributed by atoms with Crippen LogP contribution < -0.4 is 11.0 Å². The summed E-state index contributed by atoms with van der Waals surface area (Å²) in [5.74, 6) is 0.420. The molecule has 0 bridgehead atoms. The Morgan fingerprint density at radius 1 is 1.06 bits per heavy atom. The van der Waals surface area contributed by atoms with E-state index in [-0.39, 0.29) is 23.4 Å². The fourth-order valence-corrected chi connectivity index (χ4v) is 4.02. The van der Waals surface area contributed by atoms with Crippen molar-refractivity contribution in [1.82, 2.24) is 19.2 Å². The van der Waals surface area contributed by atoms with Crippen LogP contribution in [0, 0.1) is 0 Å². The minimum atomic E-state index is -0.196. The lowest BCUT2D eigenvalue weighted by Crippen LogP contribution is -2.40. The summed E-state index contributed by atoms with van der Waals surface area (Å²) in [6.45, 7) is 2.60. The molecule has 8 nitrogen and oxygen atoms in total. The van der Waals surface area contributed by atoms with Gasteiger partial charge in [-0.1, -0.05) is 18.2 Å². The molecule has 2 amide bonds. The molecule has 2 aromatic carbocycles. The quantitative estimate of drug-likeness (QED) is 0.704. The second-order valence-electron chi connectivity index (χ2n) is 7.78. The summed E-state index contributed by atoms with van der Waals surface area (Å²) < 4.78 is 2.99. The van der Waals surface area contributed by atoms with Crippen molar-refractivity contribution in [1.29, 1.82) is 0 Å². The predicted molar refractivity (Wildman–Crippen MR) is 117 cm³/mol. The van der Waals surface area contributed by atoms with Crippen molar-refractivity contribution in [2.24, 2.45) is 7.05 Å². The van der Waals surface area contributed by atoms with Crippen molar-refractivity contribution < 1.29 is 9.59 Å². The van der Waals surface area contributed by atoms with Gasteiger partial charge in [0.2, 0.25) is 5.91 Å². The van der Waals surface area contributed by atoms with E-state index in [0.717, 1.165) is 18.5 Å². The number of amides is 2. The molecule has 1 atom stereocenters. The summed E-state index contributed by atoms with van der Waals surface area (Å²) in [5, 5.41) is 7.21. The number of nitrogens with zero attached hydrogens (tertiary/aromatic N) is 4. The summed E-state index contributed by atoms with van der Waals surface area (Å²) in [6, 6.07) is 16.3. The smallest absolute Gasteiger partial charge is 0.338 e. The minimum Gasteiger partial charge on any atom is -0.338 e. The van der Waals surface area contributed by atoms with Gasteiger partial charge in [0, 0.05) is 44.2 Å². The second-order valence-corrected chi connectivity index (χ2v) is 7.78. The van der Waals surface area contributed by atoms with Crippen LogP contribution in [0.1, 0.15) is 41.9 Å². The number of benzene rings is 2. The third-order valence-electron chi connectivity index (χ3n) is 5.49. The molecule has 1 N–H and O–H groups in total. The molecule has 1 aromatic heterocycles. The molecule has 160 valence electrons. The van der Waals surface area contributed by atoms with Crippen molar-refractivity contribution in [2.75, 3.05) is 18.4 Å². The van der Waals surface area contributed by atoms with E-state index in [4.69, 9.17) is 0 Å². The third-order valence-corrected chi connectivity index (χ3v) is 5.49. The maximum Gasteiger partial charge on any atom is 0.350 e. The zero-order chi connectivity index (χ0) is 22.0. The molecule has 1 saturated heterocycles. The Balaban J connectivity index is 1.57. The molecule has 0 spiro atoms. The fraction of sp³-hybridized carbons (Fsp3) is 0.304.